The summed E-state index contributed by atoms with van der Waals surface area (Å²) in [6.07, 6.45) is 0.972. The molecule has 1 aromatic heterocycles. The molecule has 124 valence electrons. The number of aromatic nitrogens is 2. The van der Waals surface area contributed by atoms with Crippen molar-refractivity contribution in [3.63, 3.8) is 0 Å². The van der Waals surface area contributed by atoms with Gasteiger partial charge in [0.2, 0.25) is 0 Å². The molecule has 4 heteroatoms. The number of aromatic amines is 1. The van der Waals surface area contributed by atoms with E-state index in [1.54, 1.807) is 0 Å². The van der Waals surface area contributed by atoms with Gasteiger partial charge in [-0.15, -0.1) is 0 Å². The molecule has 0 spiro atoms. The summed E-state index contributed by atoms with van der Waals surface area (Å²) < 4.78 is 0. The molecule has 0 saturated carbocycles. The summed E-state index contributed by atoms with van der Waals surface area (Å²) in [5.74, 6) is 0.673. The fourth-order valence-corrected chi connectivity index (χ4v) is 2.95. The van der Waals surface area contributed by atoms with Crippen molar-refractivity contribution < 1.29 is 0 Å². The summed E-state index contributed by atoms with van der Waals surface area (Å²) in [6.45, 7) is 6.75. The lowest BCUT2D eigenvalue weighted by atomic mass is 10.0. The number of rotatable bonds is 5. The number of H-pyrrole nitrogens is 1. The highest BCUT2D eigenvalue weighted by Gasteiger charge is 2.10. The van der Waals surface area contributed by atoms with Gasteiger partial charge in [0.05, 0.1) is 17.4 Å². The molecule has 0 fully saturated rings. The zero-order valence-electron chi connectivity index (χ0n) is 14.4. The molecule has 3 rings (SSSR count). The van der Waals surface area contributed by atoms with Gasteiger partial charge in [-0.05, 0) is 37.5 Å². The molecule has 1 heterocycles. The van der Waals surface area contributed by atoms with Crippen molar-refractivity contribution >= 4 is 10.9 Å². The second kappa shape index (κ2) is 6.97. The van der Waals surface area contributed by atoms with Crippen LogP contribution in [0.5, 0.6) is 0 Å². The summed E-state index contributed by atoms with van der Waals surface area (Å²) >= 11 is 0. The number of benzene rings is 2. The largest absolute Gasteiger partial charge is 0.309 e. The van der Waals surface area contributed by atoms with Crippen molar-refractivity contribution in [3.05, 3.63) is 75.3 Å². The van der Waals surface area contributed by atoms with Gasteiger partial charge in [0, 0.05) is 6.04 Å². The van der Waals surface area contributed by atoms with Crippen LogP contribution in [0, 0.1) is 13.8 Å². The number of aryl methyl sites for hydroxylation is 2. The Labute approximate surface area is 142 Å². The highest BCUT2D eigenvalue weighted by atomic mass is 16.1. The van der Waals surface area contributed by atoms with E-state index >= 15 is 0 Å². The molecule has 0 saturated heterocycles. The molecule has 0 aliphatic heterocycles. The molecule has 0 aliphatic carbocycles. The third kappa shape index (κ3) is 3.39. The molecule has 0 aliphatic rings. The Morgan fingerprint density at radius 1 is 1.12 bits per heavy atom. The van der Waals surface area contributed by atoms with Crippen molar-refractivity contribution in [2.45, 2.75) is 39.8 Å². The Bertz CT molecular complexity index is 897. The summed E-state index contributed by atoms with van der Waals surface area (Å²) in [4.78, 5) is 19.8. The minimum atomic E-state index is -0.0797. The van der Waals surface area contributed by atoms with Gasteiger partial charge in [-0.1, -0.05) is 48.9 Å². The number of hydrogen-bond donors (Lipinski definition) is 2. The van der Waals surface area contributed by atoms with E-state index in [0.717, 1.165) is 17.5 Å². The van der Waals surface area contributed by atoms with Crippen molar-refractivity contribution in [2.24, 2.45) is 0 Å². The Morgan fingerprint density at radius 3 is 2.58 bits per heavy atom. The predicted octanol–water partition coefficient (Wildman–Crippen LogP) is 3.78. The second-order valence-corrected chi connectivity index (χ2v) is 6.24. The van der Waals surface area contributed by atoms with Crippen LogP contribution in [0.4, 0.5) is 0 Å². The van der Waals surface area contributed by atoms with Crippen molar-refractivity contribution in [1.82, 2.24) is 15.3 Å². The Morgan fingerprint density at radius 2 is 1.88 bits per heavy atom. The highest BCUT2D eigenvalue weighted by molar-refractivity contribution is 5.80. The first-order chi connectivity index (χ1) is 11.6. The van der Waals surface area contributed by atoms with E-state index in [1.165, 1.54) is 11.1 Å². The first kappa shape index (κ1) is 16.4. The van der Waals surface area contributed by atoms with Crippen molar-refractivity contribution in [3.8, 4) is 0 Å². The zero-order valence-corrected chi connectivity index (χ0v) is 14.4. The molecule has 2 aromatic carbocycles. The van der Waals surface area contributed by atoms with E-state index in [2.05, 4.69) is 53.4 Å². The fourth-order valence-electron chi connectivity index (χ4n) is 2.95. The van der Waals surface area contributed by atoms with E-state index in [9.17, 15) is 4.79 Å². The lowest BCUT2D eigenvalue weighted by molar-refractivity contribution is 0.508. The molecular formula is C20H23N3O. The monoisotopic (exact) mass is 321 g/mol. The Kier molecular flexibility index (Phi) is 4.76. The SMILES string of the molecule is CCC(NCc1nc2c(C)cccc2c(=O)[nH]1)c1ccc(C)cc1. The van der Waals surface area contributed by atoms with E-state index in [0.29, 0.717) is 17.8 Å². The highest BCUT2D eigenvalue weighted by Crippen LogP contribution is 2.18. The number of nitrogens with zero attached hydrogens (tertiary/aromatic N) is 1. The van der Waals surface area contributed by atoms with Gasteiger partial charge in [-0.3, -0.25) is 4.79 Å². The summed E-state index contributed by atoms with van der Waals surface area (Å²) in [7, 11) is 0. The van der Waals surface area contributed by atoms with E-state index < -0.39 is 0 Å². The molecule has 1 atom stereocenters. The normalized spacial score (nSPS) is 12.5. The van der Waals surface area contributed by atoms with Gasteiger partial charge < -0.3 is 10.3 Å². The van der Waals surface area contributed by atoms with Gasteiger partial charge >= 0.3 is 0 Å². The van der Waals surface area contributed by atoms with Crippen LogP contribution in [-0.2, 0) is 6.54 Å². The first-order valence-electron chi connectivity index (χ1n) is 8.37. The van der Waals surface area contributed by atoms with Crippen LogP contribution < -0.4 is 10.9 Å². The topological polar surface area (TPSA) is 57.8 Å². The molecule has 0 bridgehead atoms. The van der Waals surface area contributed by atoms with Crippen LogP contribution >= 0.6 is 0 Å². The number of para-hydroxylation sites is 1. The number of hydrogen-bond acceptors (Lipinski definition) is 3. The Hall–Kier alpha value is -2.46. The minimum absolute atomic E-state index is 0.0797. The van der Waals surface area contributed by atoms with Crippen LogP contribution in [0.25, 0.3) is 10.9 Å². The number of fused-ring (bicyclic) bond motifs is 1. The molecule has 2 N–H and O–H groups in total. The lowest BCUT2D eigenvalue weighted by Gasteiger charge is -2.17. The molecule has 1 unspecified atom stereocenters. The third-order valence-corrected chi connectivity index (χ3v) is 4.39. The van der Waals surface area contributed by atoms with E-state index in [-0.39, 0.29) is 11.6 Å². The smallest absolute Gasteiger partial charge is 0.258 e. The average Bonchev–Trinajstić information content (AvgIpc) is 2.58. The maximum Gasteiger partial charge on any atom is 0.258 e. The fraction of sp³-hybridized carbons (Fsp3) is 0.300. The van der Waals surface area contributed by atoms with E-state index in [4.69, 9.17) is 0 Å². The summed E-state index contributed by atoms with van der Waals surface area (Å²) in [5.41, 5.74) is 4.22. The predicted molar refractivity (Wildman–Crippen MR) is 98.2 cm³/mol. The maximum absolute atomic E-state index is 12.3. The van der Waals surface area contributed by atoms with Gasteiger partial charge in [0.25, 0.3) is 5.56 Å². The second-order valence-electron chi connectivity index (χ2n) is 6.24. The van der Waals surface area contributed by atoms with Crippen LogP contribution in [0.15, 0.2) is 47.3 Å². The molecule has 0 radical (unpaired) electrons. The molecule has 24 heavy (non-hydrogen) atoms. The maximum atomic E-state index is 12.3. The molecule has 3 aromatic rings. The third-order valence-electron chi connectivity index (χ3n) is 4.39. The lowest BCUT2D eigenvalue weighted by Crippen LogP contribution is -2.23. The van der Waals surface area contributed by atoms with Crippen molar-refractivity contribution in [2.75, 3.05) is 0 Å². The van der Waals surface area contributed by atoms with E-state index in [1.807, 2.05) is 25.1 Å². The molecular weight excluding hydrogens is 298 g/mol. The summed E-state index contributed by atoms with van der Waals surface area (Å²) in [5, 5.41) is 4.14. The van der Waals surface area contributed by atoms with Crippen LogP contribution in [0.1, 0.15) is 41.9 Å². The first-order valence-corrected chi connectivity index (χ1v) is 8.37. The van der Waals surface area contributed by atoms with Crippen LogP contribution in [0.3, 0.4) is 0 Å². The van der Waals surface area contributed by atoms with Crippen LogP contribution in [0.2, 0.25) is 0 Å². The molecule has 0 amide bonds. The van der Waals surface area contributed by atoms with Gasteiger partial charge in [-0.2, -0.15) is 0 Å². The average molecular weight is 321 g/mol. The van der Waals surface area contributed by atoms with Crippen LogP contribution in [-0.4, -0.2) is 9.97 Å². The van der Waals surface area contributed by atoms with Gasteiger partial charge in [0.1, 0.15) is 5.82 Å². The van der Waals surface area contributed by atoms with Gasteiger partial charge in [0.15, 0.2) is 0 Å². The summed E-state index contributed by atoms with van der Waals surface area (Å²) in [6, 6.07) is 14.5. The van der Waals surface area contributed by atoms with Crippen molar-refractivity contribution in [1.29, 1.82) is 0 Å². The minimum Gasteiger partial charge on any atom is -0.309 e. The quantitative estimate of drug-likeness (QED) is 0.752. The Balaban J connectivity index is 1.83. The standard InChI is InChI=1S/C20H23N3O/c1-4-17(15-10-8-13(2)9-11-15)21-12-18-22-19-14(3)6-5-7-16(19)20(24)23-18/h5-11,17,21H,4,12H2,1-3H3,(H,22,23,24). The zero-order chi connectivity index (χ0) is 17.1. The number of nitrogens with one attached hydrogen (secondary N) is 2. The molecule has 4 nitrogen and oxygen atoms in total. The van der Waals surface area contributed by atoms with Gasteiger partial charge in [-0.25, -0.2) is 4.98 Å².